The van der Waals surface area contributed by atoms with Gasteiger partial charge in [-0.15, -0.1) is 11.8 Å². The van der Waals surface area contributed by atoms with Crippen LogP contribution in [0.3, 0.4) is 0 Å². The van der Waals surface area contributed by atoms with Crippen molar-refractivity contribution in [3.8, 4) is 12.1 Å². The van der Waals surface area contributed by atoms with Gasteiger partial charge >= 0.3 is 0 Å². The molecule has 0 heterocycles. The molecule has 0 fully saturated rings. The number of rotatable bonds is 4. The van der Waals surface area contributed by atoms with Crippen molar-refractivity contribution < 1.29 is 0 Å². The van der Waals surface area contributed by atoms with Gasteiger partial charge in [-0.25, -0.2) is 0 Å². The van der Waals surface area contributed by atoms with Crippen LogP contribution < -0.4 is 0 Å². The van der Waals surface area contributed by atoms with E-state index in [4.69, 9.17) is 22.1 Å². The monoisotopic (exact) mass is 303 g/mol. The molecular formula is C15H14ClN3S. The van der Waals surface area contributed by atoms with Crippen LogP contribution in [0.15, 0.2) is 40.9 Å². The Morgan fingerprint density at radius 1 is 1.25 bits per heavy atom. The zero-order valence-corrected chi connectivity index (χ0v) is 13.1. The predicted octanol–water partition coefficient (Wildman–Crippen LogP) is 3.91. The quantitative estimate of drug-likeness (QED) is 0.625. The van der Waals surface area contributed by atoms with Gasteiger partial charge < -0.3 is 4.90 Å². The molecule has 1 aromatic rings. The summed E-state index contributed by atoms with van der Waals surface area (Å²) in [6, 6.07) is 11.1. The molecule has 20 heavy (non-hydrogen) atoms. The maximum Gasteiger partial charge on any atom is 0.137 e. The lowest BCUT2D eigenvalue weighted by Crippen LogP contribution is -2.08. The van der Waals surface area contributed by atoms with Gasteiger partial charge in [0.05, 0.1) is 5.03 Å². The summed E-state index contributed by atoms with van der Waals surface area (Å²) in [6.45, 7) is 0. The summed E-state index contributed by atoms with van der Waals surface area (Å²) in [5.41, 5.74) is 1.27. The Morgan fingerprint density at radius 3 is 2.30 bits per heavy atom. The number of nitrogens with zero attached hydrogens (tertiary/aromatic N) is 3. The second-order valence-electron chi connectivity index (χ2n) is 4.07. The van der Waals surface area contributed by atoms with Crippen LogP contribution in [0.25, 0.3) is 5.57 Å². The van der Waals surface area contributed by atoms with Crippen molar-refractivity contribution in [3.63, 3.8) is 0 Å². The van der Waals surface area contributed by atoms with E-state index in [9.17, 15) is 0 Å². The molecular weight excluding hydrogens is 290 g/mol. The number of thioether (sulfide) groups is 1. The van der Waals surface area contributed by atoms with Crippen molar-refractivity contribution in [2.45, 2.75) is 0 Å². The fourth-order valence-electron chi connectivity index (χ4n) is 1.60. The summed E-state index contributed by atoms with van der Waals surface area (Å²) >= 11 is 7.72. The van der Waals surface area contributed by atoms with Crippen LogP contribution >= 0.6 is 23.4 Å². The Balaban J connectivity index is 3.57. The van der Waals surface area contributed by atoms with Gasteiger partial charge in [-0.3, -0.25) is 0 Å². The van der Waals surface area contributed by atoms with Crippen LogP contribution in [0, 0.1) is 22.7 Å². The Kier molecular flexibility index (Phi) is 6.18. The molecule has 1 aromatic carbocycles. The molecule has 0 atom stereocenters. The zero-order valence-electron chi connectivity index (χ0n) is 11.5. The fraction of sp³-hybridized carbons (Fsp3) is 0.200. The van der Waals surface area contributed by atoms with E-state index >= 15 is 0 Å². The molecule has 102 valence electrons. The topological polar surface area (TPSA) is 50.8 Å². The Morgan fingerprint density at radius 2 is 1.85 bits per heavy atom. The first kappa shape index (κ1) is 16.2. The minimum Gasteiger partial charge on any atom is -0.372 e. The van der Waals surface area contributed by atoms with Gasteiger partial charge in [0, 0.05) is 30.3 Å². The molecule has 0 amide bonds. The van der Waals surface area contributed by atoms with Crippen LogP contribution in [-0.4, -0.2) is 25.3 Å². The fourth-order valence-corrected chi connectivity index (χ4v) is 2.44. The number of nitriles is 2. The van der Waals surface area contributed by atoms with E-state index in [1.165, 1.54) is 11.8 Å². The van der Waals surface area contributed by atoms with Gasteiger partial charge in [0.1, 0.15) is 17.7 Å². The van der Waals surface area contributed by atoms with Gasteiger partial charge in [-0.2, -0.15) is 10.5 Å². The van der Waals surface area contributed by atoms with Crippen molar-refractivity contribution in [1.82, 2.24) is 4.90 Å². The third kappa shape index (κ3) is 3.81. The summed E-state index contributed by atoms with van der Waals surface area (Å²) in [4.78, 5) is 1.92. The molecule has 0 radical (unpaired) electrons. The van der Waals surface area contributed by atoms with E-state index in [1.54, 1.807) is 12.1 Å². The number of benzene rings is 1. The van der Waals surface area contributed by atoms with E-state index in [-0.39, 0.29) is 5.57 Å². The third-order valence-corrected chi connectivity index (χ3v) is 3.81. The molecule has 0 bridgehead atoms. The highest BCUT2D eigenvalue weighted by Crippen LogP contribution is 2.30. The minimum atomic E-state index is 0.0477. The lowest BCUT2D eigenvalue weighted by atomic mass is 10.0. The highest BCUT2D eigenvalue weighted by Gasteiger charge is 2.12. The summed E-state index contributed by atoms with van der Waals surface area (Å²) < 4.78 is 0. The number of hydrogen-bond donors (Lipinski definition) is 0. The Bertz CT molecular complexity index is 617. The van der Waals surface area contributed by atoms with Gasteiger partial charge in [-0.1, -0.05) is 29.8 Å². The van der Waals surface area contributed by atoms with Gasteiger partial charge in [0.2, 0.25) is 0 Å². The zero-order chi connectivity index (χ0) is 15.1. The van der Waals surface area contributed by atoms with Crippen molar-refractivity contribution in [3.05, 3.63) is 51.5 Å². The highest BCUT2D eigenvalue weighted by atomic mass is 35.5. The summed E-state index contributed by atoms with van der Waals surface area (Å²) in [5, 5.41) is 19.7. The SMILES string of the molecule is CS/C(=C/C(=C(C#N)C#N)c1ccccc1Cl)N(C)C. The summed E-state index contributed by atoms with van der Waals surface area (Å²) in [5.74, 6) is 0. The molecule has 1 rings (SSSR count). The smallest absolute Gasteiger partial charge is 0.137 e. The lowest BCUT2D eigenvalue weighted by Gasteiger charge is -2.16. The first-order valence-corrected chi connectivity index (χ1v) is 7.37. The van der Waals surface area contributed by atoms with Crippen molar-refractivity contribution in [2.75, 3.05) is 20.4 Å². The molecule has 5 heteroatoms. The Labute approximate surface area is 128 Å². The highest BCUT2D eigenvalue weighted by molar-refractivity contribution is 8.02. The van der Waals surface area contributed by atoms with Gasteiger partial charge in [0.25, 0.3) is 0 Å². The van der Waals surface area contributed by atoms with E-state index in [0.717, 1.165) is 5.03 Å². The molecule has 0 saturated heterocycles. The first-order chi connectivity index (χ1) is 9.54. The first-order valence-electron chi connectivity index (χ1n) is 5.77. The van der Waals surface area contributed by atoms with Crippen molar-refractivity contribution in [1.29, 1.82) is 10.5 Å². The minimum absolute atomic E-state index is 0.0477. The van der Waals surface area contributed by atoms with Crippen LogP contribution in [-0.2, 0) is 0 Å². The van der Waals surface area contributed by atoms with E-state index < -0.39 is 0 Å². The average Bonchev–Trinajstić information content (AvgIpc) is 2.44. The van der Waals surface area contributed by atoms with Crippen LogP contribution in [0.1, 0.15) is 5.56 Å². The van der Waals surface area contributed by atoms with E-state index in [1.807, 2.05) is 55.6 Å². The maximum absolute atomic E-state index is 9.15. The normalized spacial score (nSPS) is 10.4. The van der Waals surface area contributed by atoms with Gasteiger partial charge in [0.15, 0.2) is 0 Å². The largest absolute Gasteiger partial charge is 0.372 e. The van der Waals surface area contributed by atoms with Gasteiger partial charge in [-0.05, 0) is 18.4 Å². The van der Waals surface area contributed by atoms with Crippen molar-refractivity contribution in [2.24, 2.45) is 0 Å². The molecule has 0 saturated carbocycles. The molecule has 0 unspecified atom stereocenters. The van der Waals surface area contributed by atoms with Crippen molar-refractivity contribution >= 4 is 28.9 Å². The van der Waals surface area contributed by atoms with Crippen LogP contribution in [0.5, 0.6) is 0 Å². The van der Waals surface area contributed by atoms with E-state index in [2.05, 4.69) is 0 Å². The molecule has 0 aliphatic heterocycles. The second-order valence-corrected chi connectivity index (χ2v) is 5.31. The molecule has 0 spiro atoms. The molecule has 0 N–H and O–H groups in total. The molecule has 0 aliphatic carbocycles. The van der Waals surface area contributed by atoms with Crippen LogP contribution in [0.4, 0.5) is 0 Å². The maximum atomic E-state index is 9.15. The second kappa shape index (κ2) is 7.65. The summed E-state index contributed by atoms with van der Waals surface area (Å²) in [6.07, 6.45) is 3.75. The van der Waals surface area contributed by atoms with E-state index in [0.29, 0.717) is 16.2 Å². The van der Waals surface area contributed by atoms with Crippen LogP contribution in [0.2, 0.25) is 5.02 Å². The molecule has 3 nitrogen and oxygen atoms in total. The molecule has 0 aromatic heterocycles. The number of allylic oxidation sites excluding steroid dienone is 3. The summed E-state index contributed by atoms with van der Waals surface area (Å²) in [7, 11) is 3.82. The lowest BCUT2D eigenvalue weighted by molar-refractivity contribution is 0.551. The number of hydrogen-bond acceptors (Lipinski definition) is 4. The number of halogens is 1. The standard InChI is InChI=1S/C15H14ClN3S/c1-19(2)15(20-3)8-13(11(9-17)10-18)12-6-4-5-7-14(12)16/h4-8H,1-3H3/b15-8+. The predicted molar refractivity (Wildman–Crippen MR) is 84.9 cm³/mol. The Hall–Kier alpha value is -1.88. The average molecular weight is 304 g/mol. The molecule has 0 aliphatic rings. The third-order valence-electron chi connectivity index (χ3n) is 2.57.